The Morgan fingerprint density at radius 3 is 2.90 bits per heavy atom. The number of morpholine rings is 1. The maximum absolute atomic E-state index is 5.82. The molecule has 1 saturated heterocycles. The van der Waals surface area contributed by atoms with Crippen LogP contribution < -0.4 is 5.73 Å². The number of fused-ring (bicyclic) bond motifs is 1. The predicted molar refractivity (Wildman–Crippen MR) is 84.1 cm³/mol. The summed E-state index contributed by atoms with van der Waals surface area (Å²) in [4.78, 5) is 2.40. The summed E-state index contributed by atoms with van der Waals surface area (Å²) in [6.45, 7) is 8.38. The lowest BCUT2D eigenvalue weighted by atomic mass is 10.1. The van der Waals surface area contributed by atoms with E-state index in [9.17, 15) is 0 Å². The Morgan fingerprint density at radius 2 is 2.14 bits per heavy atom. The van der Waals surface area contributed by atoms with Gasteiger partial charge in [-0.15, -0.1) is 0 Å². The zero-order valence-corrected chi connectivity index (χ0v) is 12.8. The fraction of sp³-hybridized carbons (Fsp3) is 0.562. The Bertz CT molecular complexity index is 609. The molecule has 1 aliphatic heterocycles. The molecule has 5 heteroatoms. The van der Waals surface area contributed by atoms with Crippen LogP contribution in [0.3, 0.4) is 0 Å². The molecule has 2 aromatic rings. The molecule has 5 nitrogen and oxygen atoms in total. The van der Waals surface area contributed by atoms with E-state index in [1.807, 2.05) is 0 Å². The predicted octanol–water partition coefficient (Wildman–Crippen LogP) is 1.60. The standard InChI is InChI=1S/C16H24N4O/c1-3-20-16-7-5-4-6-14(16)15(18-20)11-19-9-12(2)21-13(8-17)10-19/h4-7,12-13H,3,8-11,17H2,1-2H3. The van der Waals surface area contributed by atoms with Gasteiger partial charge in [0, 0.05) is 38.1 Å². The molecule has 114 valence electrons. The molecule has 2 N–H and O–H groups in total. The largest absolute Gasteiger partial charge is 0.371 e. The molecule has 0 saturated carbocycles. The molecule has 1 aromatic heterocycles. The minimum absolute atomic E-state index is 0.133. The number of nitrogens with zero attached hydrogens (tertiary/aromatic N) is 3. The van der Waals surface area contributed by atoms with Crippen LogP contribution in [0.2, 0.25) is 0 Å². The number of benzene rings is 1. The van der Waals surface area contributed by atoms with E-state index in [0.29, 0.717) is 6.54 Å². The first-order valence-electron chi connectivity index (χ1n) is 7.73. The normalized spacial score (nSPS) is 23.8. The minimum Gasteiger partial charge on any atom is -0.371 e. The fourth-order valence-corrected chi connectivity index (χ4v) is 3.17. The van der Waals surface area contributed by atoms with Gasteiger partial charge in [0.05, 0.1) is 23.4 Å². The third-order valence-corrected chi connectivity index (χ3v) is 4.07. The van der Waals surface area contributed by atoms with Gasteiger partial charge in [-0.05, 0) is 19.9 Å². The molecule has 0 aliphatic carbocycles. The zero-order valence-electron chi connectivity index (χ0n) is 12.8. The van der Waals surface area contributed by atoms with Crippen LogP contribution in [0.5, 0.6) is 0 Å². The molecular formula is C16H24N4O. The van der Waals surface area contributed by atoms with E-state index >= 15 is 0 Å². The first-order chi connectivity index (χ1) is 10.2. The van der Waals surface area contributed by atoms with Crippen LogP contribution in [0.15, 0.2) is 24.3 Å². The number of aryl methyl sites for hydroxylation is 1. The highest BCUT2D eigenvalue weighted by Crippen LogP contribution is 2.21. The molecule has 21 heavy (non-hydrogen) atoms. The van der Waals surface area contributed by atoms with Gasteiger partial charge >= 0.3 is 0 Å². The van der Waals surface area contributed by atoms with Crippen molar-refractivity contribution in [2.75, 3.05) is 19.6 Å². The van der Waals surface area contributed by atoms with E-state index < -0.39 is 0 Å². The molecular weight excluding hydrogens is 264 g/mol. The third kappa shape index (κ3) is 2.95. The Morgan fingerprint density at radius 1 is 1.33 bits per heavy atom. The smallest absolute Gasteiger partial charge is 0.0843 e. The lowest BCUT2D eigenvalue weighted by Crippen LogP contribution is -2.48. The first-order valence-corrected chi connectivity index (χ1v) is 7.73. The summed E-state index contributed by atoms with van der Waals surface area (Å²) in [5, 5.41) is 6.03. The molecule has 2 unspecified atom stereocenters. The van der Waals surface area contributed by atoms with Crippen LogP contribution in [-0.4, -0.2) is 46.5 Å². The van der Waals surface area contributed by atoms with Crippen LogP contribution in [0, 0.1) is 0 Å². The molecule has 0 bridgehead atoms. The quantitative estimate of drug-likeness (QED) is 0.928. The van der Waals surface area contributed by atoms with E-state index in [-0.39, 0.29) is 12.2 Å². The molecule has 1 aromatic carbocycles. The molecule has 1 fully saturated rings. The second-order valence-corrected chi connectivity index (χ2v) is 5.78. The van der Waals surface area contributed by atoms with Crippen molar-refractivity contribution in [3.63, 3.8) is 0 Å². The third-order valence-electron chi connectivity index (χ3n) is 4.07. The number of para-hydroxylation sites is 1. The van der Waals surface area contributed by atoms with Gasteiger partial charge in [0.15, 0.2) is 0 Å². The lowest BCUT2D eigenvalue weighted by molar-refractivity contribution is -0.0747. The van der Waals surface area contributed by atoms with E-state index in [0.717, 1.165) is 31.9 Å². The van der Waals surface area contributed by atoms with E-state index in [1.54, 1.807) is 0 Å². The van der Waals surface area contributed by atoms with Crippen LogP contribution >= 0.6 is 0 Å². The van der Waals surface area contributed by atoms with Gasteiger partial charge in [-0.3, -0.25) is 9.58 Å². The maximum atomic E-state index is 5.82. The molecule has 0 spiro atoms. The molecule has 3 rings (SSSR count). The molecule has 2 heterocycles. The summed E-state index contributed by atoms with van der Waals surface area (Å²) in [5.41, 5.74) is 8.13. The topological polar surface area (TPSA) is 56.3 Å². The summed E-state index contributed by atoms with van der Waals surface area (Å²) in [5.74, 6) is 0. The Hall–Kier alpha value is -1.43. The van der Waals surface area contributed by atoms with Gasteiger partial charge in [0.2, 0.25) is 0 Å². The molecule has 0 radical (unpaired) electrons. The Balaban J connectivity index is 1.84. The number of hydrogen-bond donors (Lipinski definition) is 1. The van der Waals surface area contributed by atoms with Crippen molar-refractivity contribution in [1.82, 2.24) is 14.7 Å². The van der Waals surface area contributed by atoms with Crippen LogP contribution in [0.1, 0.15) is 19.5 Å². The monoisotopic (exact) mass is 288 g/mol. The van der Waals surface area contributed by atoms with E-state index in [4.69, 9.17) is 15.6 Å². The van der Waals surface area contributed by atoms with Crippen LogP contribution in [0.25, 0.3) is 10.9 Å². The summed E-state index contributed by atoms with van der Waals surface area (Å²) >= 11 is 0. The number of hydrogen-bond acceptors (Lipinski definition) is 4. The number of aromatic nitrogens is 2. The second-order valence-electron chi connectivity index (χ2n) is 5.78. The Kier molecular flexibility index (Phi) is 4.24. The highest BCUT2D eigenvalue weighted by molar-refractivity contribution is 5.81. The summed E-state index contributed by atoms with van der Waals surface area (Å²) in [6.07, 6.45) is 0.361. The molecule has 1 aliphatic rings. The zero-order chi connectivity index (χ0) is 14.8. The number of nitrogens with two attached hydrogens (primary N) is 1. The number of ether oxygens (including phenoxy) is 1. The van der Waals surface area contributed by atoms with Crippen LogP contribution in [-0.2, 0) is 17.8 Å². The van der Waals surface area contributed by atoms with Crippen molar-refractivity contribution in [2.24, 2.45) is 5.73 Å². The van der Waals surface area contributed by atoms with Crippen molar-refractivity contribution in [3.05, 3.63) is 30.0 Å². The fourth-order valence-electron chi connectivity index (χ4n) is 3.17. The first kappa shape index (κ1) is 14.5. The van der Waals surface area contributed by atoms with Crippen molar-refractivity contribution in [1.29, 1.82) is 0 Å². The minimum atomic E-state index is 0.133. The summed E-state index contributed by atoms with van der Waals surface area (Å²) in [7, 11) is 0. The molecule has 2 atom stereocenters. The van der Waals surface area contributed by atoms with E-state index in [2.05, 4.69) is 47.7 Å². The van der Waals surface area contributed by atoms with Crippen LogP contribution in [0.4, 0.5) is 0 Å². The SMILES string of the molecule is CCn1nc(CN2CC(C)OC(CN)C2)c2ccccc21. The van der Waals surface area contributed by atoms with Crippen molar-refractivity contribution < 1.29 is 4.74 Å². The van der Waals surface area contributed by atoms with Crippen molar-refractivity contribution in [2.45, 2.75) is 39.1 Å². The van der Waals surface area contributed by atoms with E-state index in [1.165, 1.54) is 10.9 Å². The van der Waals surface area contributed by atoms with Crippen molar-refractivity contribution >= 4 is 10.9 Å². The molecule has 0 amide bonds. The average molecular weight is 288 g/mol. The number of rotatable bonds is 4. The van der Waals surface area contributed by atoms with Crippen molar-refractivity contribution in [3.8, 4) is 0 Å². The van der Waals surface area contributed by atoms with Gasteiger partial charge in [0.1, 0.15) is 0 Å². The highest BCUT2D eigenvalue weighted by Gasteiger charge is 2.25. The summed E-state index contributed by atoms with van der Waals surface area (Å²) in [6, 6.07) is 8.45. The maximum Gasteiger partial charge on any atom is 0.0843 e. The lowest BCUT2D eigenvalue weighted by Gasteiger charge is -2.36. The average Bonchev–Trinajstić information content (AvgIpc) is 2.85. The van der Waals surface area contributed by atoms with Gasteiger partial charge in [-0.1, -0.05) is 18.2 Å². The second kappa shape index (κ2) is 6.13. The summed E-state index contributed by atoms with van der Waals surface area (Å²) < 4.78 is 7.90. The van der Waals surface area contributed by atoms with Gasteiger partial charge in [-0.2, -0.15) is 5.10 Å². The van der Waals surface area contributed by atoms with Gasteiger partial charge in [0.25, 0.3) is 0 Å². The Labute approximate surface area is 125 Å². The van der Waals surface area contributed by atoms with Gasteiger partial charge in [-0.25, -0.2) is 0 Å². The van der Waals surface area contributed by atoms with Gasteiger partial charge < -0.3 is 10.5 Å². The highest BCUT2D eigenvalue weighted by atomic mass is 16.5.